The highest BCUT2D eigenvalue weighted by molar-refractivity contribution is 9.09. The van der Waals surface area contributed by atoms with Crippen LogP contribution in [0.15, 0.2) is 65.8 Å². The number of hydrogen-bond donors (Lipinski definition) is 0. The predicted molar refractivity (Wildman–Crippen MR) is 105 cm³/mol. The molecule has 148 valence electrons. The lowest BCUT2D eigenvalue weighted by Crippen LogP contribution is -2.39. The van der Waals surface area contributed by atoms with Gasteiger partial charge in [0.1, 0.15) is 13.7 Å². The van der Waals surface area contributed by atoms with Gasteiger partial charge in [0, 0.05) is 0 Å². The Balaban J connectivity index is 2.05. The molecule has 3 atom stereocenters. The van der Waals surface area contributed by atoms with Crippen LogP contribution in [-0.2, 0) is 14.3 Å². The van der Waals surface area contributed by atoms with Gasteiger partial charge >= 0.3 is 11.9 Å². The van der Waals surface area contributed by atoms with Gasteiger partial charge < -0.3 is 14.3 Å². The standard InChI is InChI=1S/C20H19BrFNO5/c1-26-23-12-17(22)18(28-20(25)15-10-6-3-7-11-15)16(21)13-27-19(24)14-8-4-2-5-9-14/h2-12,16-18H,13H2,1H3/b23-12+/t16-,17+,18+/m0/s1. The second-order valence-corrected chi connectivity index (χ2v) is 6.77. The molecule has 0 aliphatic carbocycles. The van der Waals surface area contributed by atoms with E-state index in [2.05, 4.69) is 25.9 Å². The highest BCUT2D eigenvalue weighted by Gasteiger charge is 2.32. The van der Waals surface area contributed by atoms with E-state index in [0.717, 1.165) is 6.21 Å². The van der Waals surface area contributed by atoms with Gasteiger partial charge in [-0.05, 0) is 24.3 Å². The van der Waals surface area contributed by atoms with E-state index in [4.69, 9.17) is 9.47 Å². The Labute approximate surface area is 170 Å². The molecule has 0 radical (unpaired) electrons. The summed E-state index contributed by atoms with van der Waals surface area (Å²) in [7, 11) is 1.27. The van der Waals surface area contributed by atoms with Crippen molar-refractivity contribution in [2.24, 2.45) is 5.16 Å². The first kappa shape index (κ1) is 21.6. The molecule has 0 aliphatic heterocycles. The normalized spacial score (nSPS) is 14.1. The fraction of sp³-hybridized carbons (Fsp3) is 0.250. The average Bonchev–Trinajstić information content (AvgIpc) is 2.74. The van der Waals surface area contributed by atoms with Gasteiger partial charge in [0.05, 0.1) is 22.2 Å². The molecule has 2 aromatic carbocycles. The van der Waals surface area contributed by atoms with Gasteiger partial charge in [-0.15, -0.1) is 0 Å². The fourth-order valence-corrected chi connectivity index (χ4v) is 2.75. The van der Waals surface area contributed by atoms with E-state index in [1.807, 2.05) is 0 Å². The Bertz CT molecular complexity index is 788. The zero-order valence-corrected chi connectivity index (χ0v) is 16.6. The molecule has 0 aliphatic rings. The van der Waals surface area contributed by atoms with Gasteiger partial charge in [0.15, 0.2) is 12.3 Å². The van der Waals surface area contributed by atoms with Crippen LogP contribution < -0.4 is 0 Å². The quantitative estimate of drug-likeness (QED) is 0.251. The number of nitrogens with zero attached hydrogens (tertiary/aromatic N) is 1. The van der Waals surface area contributed by atoms with Crippen LogP contribution in [0.1, 0.15) is 20.7 Å². The minimum absolute atomic E-state index is 0.221. The zero-order chi connectivity index (χ0) is 20.4. The minimum Gasteiger partial charge on any atom is -0.461 e. The SMILES string of the molecule is CO/N=C/[C@@H](F)[C@H](OC(=O)c1ccccc1)[C@@H](Br)COC(=O)c1ccccc1. The molecular formula is C20H19BrFNO5. The summed E-state index contributed by atoms with van der Waals surface area (Å²) in [6.45, 7) is -0.221. The first-order chi connectivity index (χ1) is 13.5. The van der Waals surface area contributed by atoms with Gasteiger partial charge in [0.25, 0.3) is 0 Å². The Morgan fingerprint density at radius 1 is 1.04 bits per heavy atom. The van der Waals surface area contributed by atoms with Gasteiger partial charge in [-0.25, -0.2) is 14.0 Å². The molecule has 28 heavy (non-hydrogen) atoms. The summed E-state index contributed by atoms with van der Waals surface area (Å²) < 4.78 is 25.0. The summed E-state index contributed by atoms with van der Waals surface area (Å²) in [6.07, 6.45) is -2.21. The van der Waals surface area contributed by atoms with Gasteiger partial charge in [-0.1, -0.05) is 57.5 Å². The molecule has 0 aromatic heterocycles. The van der Waals surface area contributed by atoms with Crippen LogP contribution in [0.4, 0.5) is 4.39 Å². The third kappa shape index (κ3) is 6.45. The number of ether oxygens (including phenoxy) is 2. The van der Waals surface area contributed by atoms with Crippen LogP contribution in [-0.4, -0.2) is 49.0 Å². The lowest BCUT2D eigenvalue weighted by Gasteiger charge is -2.24. The second kappa shape index (κ2) is 11.2. The third-order valence-electron chi connectivity index (χ3n) is 3.61. The Morgan fingerprint density at radius 2 is 1.57 bits per heavy atom. The summed E-state index contributed by atoms with van der Waals surface area (Å²) >= 11 is 3.24. The predicted octanol–water partition coefficient (Wildman–Crippen LogP) is 3.80. The molecular weight excluding hydrogens is 433 g/mol. The molecule has 0 heterocycles. The van der Waals surface area contributed by atoms with Crippen molar-refractivity contribution in [2.45, 2.75) is 17.1 Å². The van der Waals surface area contributed by atoms with Crippen molar-refractivity contribution in [1.29, 1.82) is 0 Å². The number of oxime groups is 1. The lowest BCUT2D eigenvalue weighted by atomic mass is 10.1. The molecule has 6 nitrogen and oxygen atoms in total. The Kier molecular flexibility index (Phi) is 8.61. The molecule has 2 rings (SSSR count). The van der Waals surface area contributed by atoms with Gasteiger partial charge in [0.2, 0.25) is 0 Å². The van der Waals surface area contributed by atoms with Crippen LogP contribution in [0.5, 0.6) is 0 Å². The Morgan fingerprint density at radius 3 is 2.11 bits per heavy atom. The van der Waals surface area contributed by atoms with Crippen molar-refractivity contribution < 1.29 is 28.3 Å². The monoisotopic (exact) mass is 451 g/mol. The topological polar surface area (TPSA) is 74.2 Å². The number of esters is 2. The second-order valence-electron chi connectivity index (χ2n) is 5.60. The number of carbonyl (C=O) groups excluding carboxylic acids is 2. The maximum atomic E-state index is 14.6. The molecule has 0 fully saturated rings. The van der Waals surface area contributed by atoms with Crippen LogP contribution in [0.25, 0.3) is 0 Å². The van der Waals surface area contributed by atoms with Crippen LogP contribution >= 0.6 is 15.9 Å². The van der Waals surface area contributed by atoms with E-state index in [-0.39, 0.29) is 12.2 Å². The highest BCUT2D eigenvalue weighted by atomic mass is 79.9. The van der Waals surface area contributed by atoms with Crippen molar-refractivity contribution in [3.63, 3.8) is 0 Å². The largest absolute Gasteiger partial charge is 0.461 e. The number of carbonyl (C=O) groups is 2. The van der Waals surface area contributed by atoms with Crippen molar-refractivity contribution in [3.8, 4) is 0 Å². The first-order valence-corrected chi connectivity index (χ1v) is 9.27. The van der Waals surface area contributed by atoms with E-state index in [1.165, 1.54) is 7.11 Å². The van der Waals surface area contributed by atoms with Crippen LogP contribution in [0.3, 0.4) is 0 Å². The number of hydrogen-bond acceptors (Lipinski definition) is 6. The summed E-state index contributed by atoms with van der Waals surface area (Å²) in [5, 5.41) is 3.38. The van der Waals surface area contributed by atoms with Crippen molar-refractivity contribution in [2.75, 3.05) is 13.7 Å². The summed E-state index contributed by atoms with van der Waals surface area (Å²) in [5.74, 6) is -1.28. The van der Waals surface area contributed by atoms with Gasteiger partial charge in [-0.2, -0.15) is 0 Å². The number of alkyl halides is 2. The van der Waals surface area contributed by atoms with E-state index in [9.17, 15) is 14.0 Å². The maximum absolute atomic E-state index is 14.6. The molecule has 0 bridgehead atoms. The number of benzene rings is 2. The molecule has 0 N–H and O–H groups in total. The van der Waals surface area contributed by atoms with Crippen LogP contribution in [0, 0.1) is 0 Å². The average molecular weight is 452 g/mol. The number of halogens is 2. The fourth-order valence-electron chi connectivity index (χ4n) is 2.22. The highest BCUT2D eigenvalue weighted by Crippen LogP contribution is 2.19. The summed E-state index contributed by atoms with van der Waals surface area (Å²) in [4.78, 5) is 28.0. The lowest BCUT2D eigenvalue weighted by molar-refractivity contribution is 0.00846. The van der Waals surface area contributed by atoms with E-state index in [1.54, 1.807) is 60.7 Å². The molecule has 2 aromatic rings. The molecule has 0 saturated heterocycles. The van der Waals surface area contributed by atoms with E-state index >= 15 is 0 Å². The molecule has 0 amide bonds. The summed E-state index contributed by atoms with van der Waals surface area (Å²) in [5.41, 5.74) is 0.627. The third-order valence-corrected chi connectivity index (χ3v) is 4.40. The zero-order valence-electron chi connectivity index (χ0n) is 15.0. The smallest absolute Gasteiger partial charge is 0.338 e. The molecule has 0 spiro atoms. The maximum Gasteiger partial charge on any atom is 0.338 e. The van der Waals surface area contributed by atoms with E-state index in [0.29, 0.717) is 5.56 Å². The molecule has 8 heteroatoms. The van der Waals surface area contributed by atoms with Gasteiger partial charge in [-0.3, -0.25) is 0 Å². The minimum atomic E-state index is -1.78. The Hall–Kier alpha value is -2.74. The van der Waals surface area contributed by atoms with E-state index < -0.39 is 29.0 Å². The number of rotatable bonds is 9. The molecule has 0 saturated carbocycles. The summed E-state index contributed by atoms with van der Waals surface area (Å²) in [6, 6.07) is 16.5. The van der Waals surface area contributed by atoms with Crippen molar-refractivity contribution in [1.82, 2.24) is 0 Å². The first-order valence-electron chi connectivity index (χ1n) is 8.36. The molecule has 0 unspecified atom stereocenters. The van der Waals surface area contributed by atoms with Crippen molar-refractivity contribution >= 4 is 34.1 Å². The van der Waals surface area contributed by atoms with Crippen LogP contribution in [0.2, 0.25) is 0 Å². The van der Waals surface area contributed by atoms with Crippen molar-refractivity contribution in [3.05, 3.63) is 71.8 Å².